The van der Waals surface area contributed by atoms with E-state index in [0.717, 1.165) is 24.8 Å². The number of carbonyl (C=O) groups is 1. The van der Waals surface area contributed by atoms with Gasteiger partial charge in [-0.3, -0.25) is 4.79 Å². The van der Waals surface area contributed by atoms with Crippen molar-refractivity contribution in [3.05, 3.63) is 35.9 Å². The zero-order valence-corrected chi connectivity index (χ0v) is 15.7. The van der Waals surface area contributed by atoms with Crippen molar-refractivity contribution in [2.75, 3.05) is 13.2 Å². The summed E-state index contributed by atoms with van der Waals surface area (Å²) in [6.07, 6.45) is -2.77. The van der Waals surface area contributed by atoms with Gasteiger partial charge in [-0.2, -0.15) is 0 Å². The minimum absolute atomic E-state index is 0.206. The van der Waals surface area contributed by atoms with E-state index in [9.17, 15) is 20.1 Å². The van der Waals surface area contributed by atoms with Crippen molar-refractivity contribution in [3.8, 4) is 0 Å². The molecule has 27 heavy (non-hydrogen) atoms. The molecule has 1 fully saturated rings. The molecule has 1 aromatic rings. The smallest absolute Gasteiger partial charge is 0.305 e. The van der Waals surface area contributed by atoms with Gasteiger partial charge in [-0.25, -0.2) is 0 Å². The van der Waals surface area contributed by atoms with E-state index in [1.54, 1.807) is 0 Å². The quantitative estimate of drug-likeness (QED) is 0.412. The first-order valence-corrected chi connectivity index (χ1v) is 9.53. The second-order valence-corrected chi connectivity index (χ2v) is 6.76. The largest absolute Gasteiger partial charge is 0.463 e. The molecule has 1 aliphatic rings. The highest BCUT2D eigenvalue weighted by atomic mass is 16.7. The molecule has 152 valence electrons. The Bertz CT molecular complexity index is 551. The molecular formula is C20H30O7. The highest BCUT2D eigenvalue weighted by Gasteiger charge is 2.44. The molecule has 0 aromatic heterocycles. The number of aliphatic hydroxyl groups is 3. The van der Waals surface area contributed by atoms with Crippen LogP contribution in [-0.4, -0.2) is 65.2 Å². The predicted octanol–water partition coefficient (Wildman–Crippen LogP) is 1.18. The minimum Gasteiger partial charge on any atom is -0.463 e. The summed E-state index contributed by atoms with van der Waals surface area (Å²) in [5.41, 5.74) is 1.15. The summed E-state index contributed by atoms with van der Waals surface area (Å²) in [5, 5.41) is 30.0. The van der Waals surface area contributed by atoms with Gasteiger partial charge in [0.25, 0.3) is 0 Å². The molecule has 0 amide bonds. The van der Waals surface area contributed by atoms with E-state index in [1.165, 1.54) is 0 Å². The highest BCUT2D eigenvalue weighted by Crippen LogP contribution is 2.23. The van der Waals surface area contributed by atoms with Crippen LogP contribution in [0.3, 0.4) is 0 Å². The first-order valence-electron chi connectivity index (χ1n) is 9.53. The molecule has 3 N–H and O–H groups in total. The van der Waals surface area contributed by atoms with E-state index in [2.05, 4.69) is 0 Å². The summed E-state index contributed by atoms with van der Waals surface area (Å²) >= 11 is 0. The van der Waals surface area contributed by atoms with Gasteiger partial charge < -0.3 is 29.5 Å². The SMILES string of the molecule is CCCCO[C@@H]1O[C@H](COC(=O)CCCc2ccccc2)[C@@H](O)[C@H](O)[C@H]1O. The third-order valence-electron chi connectivity index (χ3n) is 4.55. The third-order valence-corrected chi connectivity index (χ3v) is 4.55. The van der Waals surface area contributed by atoms with Crippen LogP contribution in [0.4, 0.5) is 0 Å². The molecule has 0 radical (unpaired) electrons. The van der Waals surface area contributed by atoms with Crippen molar-refractivity contribution in [1.29, 1.82) is 0 Å². The van der Waals surface area contributed by atoms with Crippen LogP contribution in [0.25, 0.3) is 0 Å². The van der Waals surface area contributed by atoms with Crippen LogP contribution in [0.2, 0.25) is 0 Å². The second-order valence-electron chi connectivity index (χ2n) is 6.76. The lowest BCUT2D eigenvalue weighted by molar-refractivity contribution is -0.301. The van der Waals surface area contributed by atoms with Crippen LogP contribution in [0.15, 0.2) is 30.3 Å². The monoisotopic (exact) mass is 382 g/mol. The van der Waals surface area contributed by atoms with Crippen LogP contribution >= 0.6 is 0 Å². The van der Waals surface area contributed by atoms with Gasteiger partial charge in [0.2, 0.25) is 0 Å². The molecule has 7 heteroatoms. The molecule has 1 aliphatic heterocycles. The van der Waals surface area contributed by atoms with Crippen molar-refractivity contribution < 1.29 is 34.3 Å². The van der Waals surface area contributed by atoms with Gasteiger partial charge in [0.05, 0.1) is 0 Å². The van der Waals surface area contributed by atoms with Gasteiger partial charge in [0, 0.05) is 13.0 Å². The molecule has 0 saturated carbocycles. The summed E-state index contributed by atoms with van der Waals surface area (Å²) < 4.78 is 16.1. The van der Waals surface area contributed by atoms with Gasteiger partial charge in [-0.15, -0.1) is 0 Å². The number of unbranched alkanes of at least 4 members (excludes halogenated alkanes) is 1. The maximum absolute atomic E-state index is 11.9. The molecule has 0 spiro atoms. The normalized spacial score (nSPS) is 28.1. The van der Waals surface area contributed by atoms with Crippen LogP contribution in [0.1, 0.15) is 38.2 Å². The third kappa shape index (κ3) is 6.86. The number of esters is 1. The van der Waals surface area contributed by atoms with E-state index in [4.69, 9.17) is 14.2 Å². The summed E-state index contributed by atoms with van der Waals surface area (Å²) in [5.74, 6) is -0.397. The Labute approximate surface area is 159 Å². The number of ether oxygens (including phenoxy) is 3. The van der Waals surface area contributed by atoms with Crippen molar-refractivity contribution in [1.82, 2.24) is 0 Å². The molecule has 0 unspecified atom stereocenters. The van der Waals surface area contributed by atoms with Crippen molar-refractivity contribution in [2.24, 2.45) is 0 Å². The maximum Gasteiger partial charge on any atom is 0.305 e. The molecule has 7 nitrogen and oxygen atoms in total. The Morgan fingerprint density at radius 1 is 1.07 bits per heavy atom. The van der Waals surface area contributed by atoms with Gasteiger partial charge in [0.15, 0.2) is 6.29 Å². The Hall–Kier alpha value is -1.51. The molecule has 1 heterocycles. The van der Waals surface area contributed by atoms with E-state index in [0.29, 0.717) is 13.0 Å². The number of aliphatic hydroxyl groups excluding tert-OH is 3. The number of benzene rings is 1. The zero-order chi connectivity index (χ0) is 19.6. The van der Waals surface area contributed by atoms with Crippen LogP contribution < -0.4 is 0 Å². The van der Waals surface area contributed by atoms with Crippen molar-refractivity contribution in [2.45, 2.75) is 69.7 Å². The molecule has 5 atom stereocenters. The van der Waals surface area contributed by atoms with Crippen LogP contribution in [0, 0.1) is 0 Å². The average molecular weight is 382 g/mol. The van der Waals surface area contributed by atoms with Crippen LogP contribution in [-0.2, 0) is 25.4 Å². The van der Waals surface area contributed by atoms with E-state index in [1.807, 2.05) is 37.3 Å². The lowest BCUT2D eigenvalue weighted by Gasteiger charge is -2.39. The molecule has 0 aliphatic carbocycles. The van der Waals surface area contributed by atoms with Crippen molar-refractivity contribution in [3.63, 3.8) is 0 Å². The lowest BCUT2D eigenvalue weighted by Crippen LogP contribution is -2.59. The summed E-state index contributed by atoms with van der Waals surface area (Å²) in [6, 6.07) is 9.85. The van der Waals surface area contributed by atoms with Gasteiger partial charge in [-0.1, -0.05) is 43.7 Å². The first kappa shape index (κ1) is 21.8. The van der Waals surface area contributed by atoms with Crippen LogP contribution in [0.5, 0.6) is 0 Å². The number of aryl methyl sites for hydroxylation is 1. The number of rotatable bonds is 10. The Morgan fingerprint density at radius 2 is 1.81 bits per heavy atom. The second kappa shape index (κ2) is 11.4. The number of hydrogen-bond donors (Lipinski definition) is 3. The number of carbonyl (C=O) groups excluding carboxylic acids is 1. The van der Waals surface area contributed by atoms with Crippen molar-refractivity contribution >= 4 is 5.97 Å². The van der Waals surface area contributed by atoms with E-state index in [-0.39, 0.29) is 13.0 Å². The zero-order valence-electron chi connectivity index (χ0n) is 15.7. The lowest BCUT2D eigenvalue weighted by atomic mass is 9.99. The molecule has 1 saturated heterocycles. The predicted molar refractivity (Wildman–Crippen MR) is 97.9 cm³/mol. The first-order chi connectivity index (χ1) is 13.0. The minimum atomic E-state index is -1.42. The molecule has 2 rings (SSSR count). The standard InChI is InChI=1S/C20H30O7/c1-2-3-12-25-20-19(24)18(23)17(22)15(27-20)13-26-16(21)11-7-10-14-8-5-4-6-9-14/h4-6,8-9,15,17-20,22-24H,2-3,7,10-13H2,1H3/t15-,17-,18+,19-,20-/m1/s1. The maximum atomic E-state index is 11.9. The van der Waals surface area contributed by atoms with Gasteiger partial charge >= 0.3 is 5.97 Å². The molecule has 0 bridgehead atoms. The van der Waals surface area contributed by atoms with Gasteiger partial charge in [-0.05, 0) is 24.8 Å². The molecular weight excluding hydrogens is 352 g/mol. The topological polar surface area (TPSA) is 105 Å². The van der Waals surface area contributed by atoms with Gasteiger partial charge in [0.1, 0.15) is 31.0 Å². The Morgan fingerprint density at radius 3 is 2.52 bits per heavy atom. The fourth-order valence-corrected chi connectivity index (χ4v) is 2.86. The fraction of sp³-hybridized carbons (Fsp3) is 0.650. The summed E-state index contributed by atoms with van der Waals surface area (Å²) in [6.45, 7) is 2.16. The fourth-order valence-electron chi connectivity index (χ4n) is 2.86. The Balaban J connectivity index is 1.74. The Kier molecular flexibility index (Phi) is 9.17. The highest BCUT2D eigenvalue weighted by molar-refractivity contribution is 5.69. The van der Waals surface area contributed by atoms with E-state index >= 15 is 0 Å². The molecule has 1 aromatic carbocycles. The number of hydrogen-bond acceptors (Lipinski definition) is 7. The average Bonchev–Trinajstić information content (AvgIpc) is 2.68. The van der Waals surface area contributed by atoms with E-state index < -0.39 is 36.7 Å². The summed E-state index contributed by atoms with van der Waals surface area (Å²) in [4.78, 5) is 11.9. The summed E-state index contributed by atoms with van der Waals surface area (Å²) in [7, 11) is 0.